The van der Waals surface area contributed by atoms with Gasteiger partial charge in [0, 0.05) is 50.2 Å². The van der Waals surface area contributed by atoms with E-state index in [9.17, 15) is 32.3 Å². The summed E-state index contributed by atoms with van der Waals surface area (Å²) in [7, 11) is 1.36. The van der Waals surface area contributed by atoms with Crippen molar-refractivity contribution < 1.29 is 36.7 Å². The van der Waals surface area contributed by atoms with E-state index < -0.39 is 36.2 Å². The van der Waals surface area contributed by atoms with Crippen molar-refractivity contribution >= 4 is 28.8 Å². The minimum atomic E-state index is -4.81. The molecule has 0 bridgehead atoms. The van der Waals surface area contributed by atoms with Gasteiger partial charge in [-0.1, -0.05) is 6.07 Å². The van der Waals surface area contributed by atoms with Crippen LogP contribution in [0.3, 0.4) is 0 Å². The van der Waals surface area contributed by atoms with Crippen molar-refractivity contribution in [1.29, 1.82) is 0 Å². The minimum absolute atomic E-state index is 0.00442. The van der Waals surface area contributed by atoms with Crippen LogP contribution in [0.25, 0.3) is 16.8 Å². The number of carbonyl (C=O) groups is 2. The molecule has 5 rings (SSSR count). The van der Waals surface area contributed by atoms with Crippen molar-refractivity contribution in [2.45, 2.75) is 26.1 Å². The van der Waals surface area contributed by atoms with Gasteiger partial charge in [0.2, 0.25) is 0 Å². The van der Waals surface area contributed by atoms with Crippen molar-refractivity contribution in [1.82, 2.24) is 19.7 Å². The molecule has 2 aromatic heterocycles. The lowest BCUT2D eigenvalue weighted by molar-refractivity contribution is -0.142. The third-order valence-electron chi connectivity index (χ3n) is 6.16. The van der Waals surface area contributed by atoms with Crippen LogP contribution in [0.2, 0.25) is 0 Å². The van der Waals surface area contributed by atoms with Gasteiger partial charge in [0.15, 0.2) is 17.2 Å². The number of rotatable bonds is 3. The first-order chi connectivity index (χ1) is 17.4. The average molecular weight is 517 g/mol. The van der Waals surface area contributed by atoms with Crippen LogP contribution in [0.5, 0.6) is 0 Å². The Labute approximate surface area is 206 Å². The predicted molar refractivity (Wildman–Crippen MR) is 122 cm³/mol. The summed E-state index contributed by atoms with van der Waals surface area (Å²) in [6.45, 7) is 1.15. The molecule has 2 aromatic carbocycles. The second kappa shape index (κ2) is 8.61. The summed E-state index contributed by atoms with van der Waals surface area (Å²) in [5, 5.41) is 13.0. The molecular weight excluding hydrogens is 498 g/mol. The molecule has 0 atom stereocenters. The summed E-state index contributed by atoms with van der Waals surface area (Å²) in [4.78, 5) is 30.6. The molecule has 2 amide bonds. The van der Waals surface area contributed by atoms with Crippen LogP contribution in [0.4, 0.5) is 28.0 Å². The van der Waals surface area contributed by atoms with E-state index in [0.717, 1.165) is 20.5 Å². The highest BCUT2D eigenvalue weighted by molar-refractivity contribution is 6.06. The molecule has 0 unspecified atom stereocenters. The maximum absolute atomic E-state index is 14.7. The second-order valence-corrected chi connectivity index (χ2v) is 8.56. The predicted octanol–water partition coefficient (Wildman–Crippen LogP) is 4.79. The number of fused-ring (bicyclic) bond motifs is 2. The van der Waals surface area contributed by atoms with E-state index in [1.807, 2.05) is 0 Å². The summed E-state index contributed by atoms with van der Waals surface area (Å²) in [5.74, 6) is -0.988. The Kier molecular flexibility index (Phi) is 5.65. The molecule has 3 heterocycles. The fourth-order valence-electron chi connectivity index (χ4n) is 4.41. The summed E-state index contributed by atoms with van der Waals surface area (Å²) in [6, 6.07) is 8.26. The zero-order valence-corrected chi connectivity index (χ0v) is 19.5. The molecule has 13 heteroatoms. The molecule has 0 radical (unpaired) electrons. The van der Waals surface area contributed by atoms with Crippen LogP contribution >= 0.6 is 0 Å². The quantitative estimate of drug-likeness (QED) is 0.392. The Morgan fingerprint density at radius 1 is 1.19 bits per heavy atom. The van der Waals surface area contributed by atoms with Gasteiger partial charge in [0.25, 0.3) is 5.91 Å². The third-order valence-corrected chi connectivity index (χ3v) is 6.16. The van der Waals surface area contributed by atoms with E-state index in [-0.39, 0.29) is 41.2 Å². The molecule has 0 saturated heterocycles. The molecule has 9 nitrogen and oxygen atoms in total. The SMILES string of the molecule is Cc1nc2cc(F)c(N(C)C(=O)c3cccc(-n4nc(C(F)(F)F)c5c4CCN(C(=O)O)C5)c3)cc2o1. The van der Waals surface area contributed by atoms with Gasteiger partial charge in [-0.25, -0.2) is 18.9 Å². The van der Waals surface area contributed by atoms with Crippen LogP contribution in [0.15, 0.2) is 40.8 Å². The number of hydrogen-bond acceptors (Lipinski definition) is 5. The average Bonchev–Trinajstić information content (AvgIpc) is 3.41. The number of aromatic nitrogens is 3. The number of amides is 2. The normalized spacial score (nSPS) is 13.6. The van der Waals surface area contributed by atoms with Crippen LogP contribution in [-0.2, 0) is 19.1 Å². The number of anilines is 1. The summed E-state index contributed by atoms with van der Waals surface area (Å²) in [6.07, 6.45) is -6.13. The van der Waals surface area contributed by atoms with E-state index in [4.69, 9.17) is 4.42 Å². The number of benzene rings is 2. The maximum atomic E-state index is 14.7. The molecular formula is C24H19F4N5O4. The van der Waals surface area contributed by atoms with Crippen molar-refractivity contribution in [2.75, 3.05) is 18.5 Å². The number of aryl methyl sites for hydroxylation is 1. The van der Waals surface area contributed by atoms with Gasteiger partial charge in [-0.2, -0.15) is 18.3 Å². The van der Waals surface area contributed by atoms with E-state index in [2.05, 4.69) is 10.1 Å². The van der Waals surface area contributed by atoms with Crippen LogP contribution in [0.1, 0.15) is 33.2 Å². The Morgan fingerprint density at radius 2 is 1.95 bits per heavy atom. The Morgan fingerprint density at radius 3 is 2.65 bits per heavy atom. The number of nitrogens with zero attached hydrogens (tertiary/aromatic N) is 5. The standard InChI is InChI=1S/C24H19F4N5O4/c1-12-29-17-9-16(25)19(10-20(17)37-12)31(2)22(34)13-4-3-5-14(8-13)33-18-6-7-32(23(35)36)11-15(18)21(30-33)24(26,27)28/h3-5,8-10H,6-7,11H2,1-2H3,(H,35,36). The maximum Gasteiger partial charge on any atom is 0.435 e. The molecule has 0 fully saturated rings. The zero-order valence-electron chi connectivity index (χ0n) is 19.5. The third kappa shape index (κ3) is 4.26. The number of carbonyl (C=O) groups excluding carboxylic acids is 1. The Bertz CT molecular complexity index is 1560. The number of halogens is 4. The largest absolute Gasteiger partial charge is 0.465 e. The monoisotopic (exact) mass is 517 g/mol. The van der Waals surface area contributed by atoms with Crippen molar-refractivity contribution in [3.63, 3.8) is 0 Å². The van der Waals surface area contributed by atoms with E-state index in [1.165, 1.54) is 37.4 Å². The van der Waals surface area contributed by atoms with Crippen LogP contribution < -0.4 is 4.90 Å². The molecule has 1 N–H and O–H groups in total. The number of hydrogen-bond donors (Lipinski definition) is 1. The molecule has 1 aliphatic heterocycles. The lowest BCUT2D eigenvalue weighted by Crippen LogP contribution is -2.35. The van der Waals surface area contributed by atoms with Crippen LogP contribution in [0, 0.1) is 12.7 Å². The van der Waals surface area contributed by atoms with Crippen molar-refractivity contribution in [2.24, 2.45) is 0 Å². The van der Waals surface area contributed by atoms with Crippen molar-refractivity contribution in [3.05, 3.63) is 70.6 Å². The first kappa shape index (κ1) is 24.3. The first-order valence-electron chi connectivity index (χ1n) is 11.0. The number of carboxylic acid groups (broad SMARTS) is 1. The van der Waals surface area contributed by atoms with Gasteiger partial charge < -0.3 is 19.3 Å². The summed E-state index contributed by atoms with van der Waals surface area (Å²) < 4.78 is 62.5. The molecule has 0 spiro atoms. The van der Waals surface area contributed by atoms with E-state index in [0.29, 0.717) is 17.0 Å². The molecule has 37 heavy (non-hydrogen) atoms. The zero-order chi connectivity index (χ0) is 26.6. The molecule has 192 valence electrons. The lowest BCUT2D eigenvalue weighted by atomic mass is 10.0. The van der Waals surface area contributed by atoms with Gasteiger partial charge in [0.1, 0.15) is 11.3 Å². The smallest absolute Gasteiger partial charge is 0.435 e. The fourth-order valence-corrected chi connectivity index (χ4v) is 4.41. The van der Waals surface area contributed by atoms with Crippen LogP contribution in [-0.4, -0.2) is 50.4 Å². The summed E-state index contributed by atoms with van der Waals surface area (Å²) in [5.41, 5.74) is -0.422. The second-order valence-electron chi connectivity index (χ2n) is 8.56. The fraction of sp³-hybridized carbons (Fsp3) is 0.250. The number of oxazole rings is 1. The Balaban J connectivity index is 1.52. The molecule has 4 aromatic rings. The van der Waals surface area contributed by atoms with E-state index >= 15 is 0 Å². The van der Waals surface area contributed by atoms with Gasteiger partial charge in [-0.05, 0) is 18.2 Å². The molecule has 1 aliphatic rings. The molecule has 0 aliphatic carbocycles. The minimum Gasteiger partial charge on any atom is -0.465 e. The highest BCUT2D eigenvalue weighted by atomic mass is 19.4. The van der Waals surface area contributed by atoms with Gasteiger partial charge in [-0.15, -0.1) is 0 Å². The summed E-state index contributed by atoms with van der Waals surface area (Å²) >= 11 is 0. The first-order valence-corrected chi connectivity index (χ1v) is 11.0. The van der Waals surface area contributed by atoms with Crippen molar-refractivity contribution in [3.8, 4) is 5.69 Å². The highest BCUT2D eigenvalue weighted by Crippen LogP contribution is 2.36. The van der Waals surface area contributed by atoms with Gasteiger partial charge in [-0.3, -0.25) is 4.79 Å². The topological polar surface area (TPSA) is 105 Å². The molecule has 0 saturated carbocycles. The van der Waals surface area contributed by atoms with Gasteiger partial charge in [0.05, 0.1) is 23.6 Å². The number of alkyl halides is 3. The van der Waals surface area contributed by atoms with E-state index in [1.54, 1.807) is 6.92 Å². The van der Waals surface area contributed by atoms with Gasteiger partial charge >= 0.3 is 12.3 Å². The highest BCUT2D eigenvalue weighted by Gasteiger charge is 2.41. The lowest BCUT2D eigenvalue weighted by Gasteiger charge is -2.25. The Hall–Kier alpha value is -4.42.